The maximum absolute atomic E-state index is 9.59. The highest BCUT2D eigenvalue weighted by Gasteiger charge is 2.27. The van der Waals surface area contributed by atoms with Crippen molar-refractivity contribution in [3.8, 4) is 0 Å². The van der Waals surface area contributed by atoms with Gasteiger partial charge < -0.3 is 10.0 Å². The van der Waals surface area contributed by atoms with Gasteiger partial charge in [-0.25, -0.2) is 9.97 Å². The molecule has 1 saturated heterocycles. The zero-order valence-corrected chi connectivity index (χ0v) is 12.9. The Morgan fingerprint density at radius 3 is 2.84 bits per heavy atom. The van der Waals surface area contributed by atoms with Gasteiger partial charge in [-0.15, -0.1) is 0 Å². The van der Waals surface area contributed by atoms with Gasteiger partial charge in [0.15, 0.2) is 0 Å². The van der Waals surface area contributed by atoms with Gasteiger partial charge in [-0.1, -0.05) is 20.8 Å². The van der Waals surface area contributed by atoms with Gasteiger partial charge in [0.25, 0.3) is 0 Å². The van der Waals surface area contributed by atoms with Crippen LogP contribution in [0.1, 0.15) is 45.1 Å². The smallest absolute Gasteiger partial charge is 0.131 e. The third-order valence-electron chi connectivity index (χ3n) is 3.72. The highest BCUT2D eigenvalue weighted by atomic mass is 32.2. The highest BCUT2D eigenvalue weighted by molar-refractivity contribution is 8.00. The Labute approximate surface area is 119 Å². The van der Waals surface area contributed by atoms with Crippen molar-refractivity contribution in [3.63, 3.8) is 0 Å². The summed E-state index contributed by atoms with van der Waals surface area (Å²) in [5.41, 5.74) is 1.75. The van der Waals surface area contributed by atoms with Gasteiger partial charge in [0.1, 0.15) is 5.82 Å². The summed E-state index contributed by atoms with van der Waals surface area (Å²) in [6.45, 7) is 9.59. The molecule has 1 aliphatic heterocycles. The number of aliphatic hydroxyl groups excluding tert-OH is 1. The van der Waals surface area contributed by atoms with Gasteiger partial charge in [0.05, 0.1) is 24.2 Å². The Hall–Kier alpha value is -0.810. The van der Waals surface area contributed by atoms with E-state index < -0.39 is 0 Å². The lowest BCUT2D eigenvalue weighted by Gasteiger charge is -2.39. The number of hydrogen-bond acceptors (Lipinski definition) is 5. The summed E-state index contributed by atoms with van der Waals surface area (Å²) in [7, 11) is 0. The first-order valence-electron chi connectivity index (χ1n) is 6.89. The zero-order valence-electron chi connectivity index (χ0n) is 12.1. The first-order chi connectivity index (χ1) is 9.04. The summed E-state index contributed by atoms with van der Waals surface area (Å²) >= 11 is 2.00. The molecule has 2 heterocycles. The van der Waals surface area contributed by atoms with E-state index in [1.54, 1.807) is 0 Å². The molecule has 1 N–H and O–H groups in total. The summed E-state index contributed by atoms with van der Waals surface area (Å²) < 4.78 is 0. The molecule has 4 nitrogen and oxygen atoms in total. The van der Waals surface area contributed by atoms with E-state index in [0.29, 0.717) is 11.3 Å². The molecule has 0 aromatic carbocycles. The van der Waals surface area contributed by atoms with Crippen LogP contribution in [0.15, 0.2) is 6.20 Å². The number of rotatable bonds is 3. The van der Waals surface area contributed by atoms with Crippen molar-refractivity contribution in [2.75, 3.05) is 17.2 Å². The Kier molecular flexibility index (Phi) is 4.68. The lowest BCUT2D eigenvalue weighted by molar-refractivity contribution is 0.276. The van der Waals surface area contributed by atoms with Crippen molar-refractivity contribution in [1.29, 1.82) is 0 Å². The molecule has 106 valence electrons. The fourth-order valence-electron chi connectivity index (χ4n) is 2.33. The largest absolute Gasteiger partial charge is 0.390 e. The maximum atomic E-state index is 9.59. The Balaban J connectivity index is 2.33. The van der Waals surface area contributed by atoms with E-state index >= 15 is 0 Å². The Morgan fingerprint density at radius 1 is 1.47 bits per heavy atom. The molecule has 2 unspecified atom stereocenters. The van der Waals surface area contributed by atoms with Crippen molar-refractivity contribution >= 4 is 17.4 Å². The molecule has 1 aromatic heterocycles. The van der Waals surface area contributed by atoms with E-state index in [2.05, 4.69) is 42.6 Å². The molecule has 0 saturated carbocycles. The third kappa shape index (κ3) is 3.03. The lowest BCUT2D eigenvalue weighted by atomic mass is 10.1. The summed E-state index contributed by atoms with van der Waals surface area (Å²) in [5.74, 6) is 2.20. The molecule has 0 radical (unpaired) electrons. The highest BCUT2D eigenvalue weighted by Crippen LogP contribution is 2.30. The van der Waals surface area contributed by atoms with Crippen LogP contribution in [0.3, 0.4) is 0 Å². The van der Waals surface area contributed by atoms with E-state index in [1.807, 2.05) is 18.0 Å². The van der Waals surface area contributed by atoms with Crippen LogP contribution in [0, 0.1) is 0 Å². The summed E-state index contributed by atoms with van der Waals surface area (Å²) in [6.07, 6.45) is 1.88. The molecule has 0 spiro atoms. The first kappa shape index (κ1) is 14.6. The van der Waals surface area contributed by atoms with Crippen LogP contribution in [-0.4, -0.2) is 38.7 Å². The van der Waals surface area contributed by atoms with Gasteiger partial charge in [-0.05, 0) is 6.92 Å². The monoisotopic (exact) mass is 281 g/mol. The Morgan fingerprint density at radius 2 is 2.21 bits per heavy atom. The zero-order chi connectivity index (χ0) is 14.0. The molecular formula is C14H23N3OS. The van der Waals surface area contributed by atoms with Crippen molar-refractivity contribution < 1.29 is 5.11 Å². The van der Waals surface area contributed by atoms with E-state index in [4.69, 9.17) is 0 Å². The molecule has 0 amide bonds. The standard InChI is InChI=1S/C14H23N3OS/c1-9(2)14-15-7-13(12(8-18)16-14)17-5-6-19-11(4)10(17)3/h7,9-11,18H,5-6,8H2,1-4H3. The van der Waals surface area contributed by atoms with Crippen LogP contribution in [0.2, 0.25) is 0 Å². The minimum absolute atomic E-state index is 0.0255. The fourth-order valence-corrected chi connectivity index (χ4v) is 3.43. The average Bonchev–Trinajstić information content (AvgIpc) is 2.41. The second kappa shape index (κ2) is 6.09. The molecule has 19 heavy (non-hydrogen) atoms. The Bertz CT molecular complexity index is 439. The van der Waals surface area contributed by atoms with Crippen molar-refractivity contribution in [2.45, 2.75) is 51.5 Å². The van der Waals surface area contributed by atoms with Crippen LogP contribution < -0.4 is 4.90 Å². The quantitative estimate of drug-likeness (QED) is 0.922. The van der Waals surface area contributed by atoms with E-state index in [0.717, 1.165) is 29.5 Å². The summed E-state index contributed by atoms with van der Waals surface area (Å²) in [4.78, 5) is 11.3. The summed E-state index contributed by atoms with van der Waals surface area (Å²) in [5, 5.41) is 10.2. The minimum Gasteiger partial charge on any atom is -0.390 e. The van der Waals surface area contributed by atoms with Crippen LogP contribution >= 0.6 is 11.8 Å². The maximum Gasteiger partial charge on any atom is 0.131 e. The molecule has 1 fully saturated rings. The number of aromatic nitrogens is 2. The molecule has 0 bridgehead atoms. The van der Waals surface area contributed by atoms with Crippen molar-refractivity contribution in [2.24, 2.45) is 0 Å². The molecule has 1 aliphatic rings. The van der Waals surface area contributed by atoms with Gasteiger partial charge in [-0.2, -0.15) is 11.8 Å². The average molecular weight is 281 g/mol. The van der Waals surface area contributed by atoms with E-state index in [9.17, 15) is 5.11 Å². The second-order valence-corrected chi connectivity index (χ2v) is 6.87. The third-order valence-corrected chi connectivity index (χ3v) is 5.06. The fraction of sp³-hybridized carbons (Fsp3) is 0.714. The summed E-state index contributed by atoms with van der Waals surface area (Å²) in [6, 6.07) is 0.442. The number of aliphatic hydroxyl groups is 1. The van der Waals surface area contributed by atoms with Crippen LogP contribution in [0.25, 0.3) is 0 Å². The topological polar surface area (TPSA) is 49.2 Å². The molecule has 2 rings (SSSR count). The minimum atomic E-state index is -0.0255. The molecule has 0 aliphatic carbocycles. The van der Waals surface area contributed by atoms with Gasteiger partial charge >= 0.3 is 0 Å². The van der Waals surface area contributed by atoms with Crippen LogP contribution in [0.4, 0.5) is 5.69 Å². The predicted molar refractivity (Wildman–Crippen MR) is 80.8 cm³/mol. The lowest BCUT2D eigenvalue weighted by Crippen LogP contribution is -2.45. The molecule has 5 heteroatoms. The number of thioether (sulfide) groups is 1. The van der Waals surface area contributed by atoms with Gasteiger partial charge in [-0.3, -0.25) is 0 Å². The number of nitrogens with zero attached hydrogens (tertiary/aromatic N) is 3. The predicted octanol–water partition coefficient (Wildman–Crippen LogP) is 2.42. The van der Waals surface area contributed by atoms with E-state index in [1.165, 1.54) is 0 Å². The number of hydrogen-bond donors (Lipinski definition) is 1. The molecule has 1 aromatic rings. The van der Waals surface area contributed by atoms with Gasteiger partial charge in [0, 0.05) is 29.5 Å². The van der Waals surface area contributed by atoms with Crippen LogP contribution in [-0.2, 0) is 6.61 Å². The van der Waals surface area contributed by atoms with Crippen molar-refractivity contribution in [3.05, 3.63) is 17.7 Å². The van der Waals surface area contributed by atoms with Gasteiger partial charge in [0.2, 0.25) is 0 Å². The van der Waals surface area contributed by atoms with Crippen molar-refractivity contribution in [1.82, 2.24) is 9.97 Å². The number of anilines is 1. The van der Waals surface area contributed by atoms with Crippen LogP contribution in [0.5, 0.6) is 0 Å². The molecular weight excluding hydrogens is 258 g/mol. The SMILES string of the molecule is CC(C)c1ncc(N2CCSC(C)C2C)c(CO)n1. The molecule has 2 atom stereocenters. The second-order valence-electron chi connectivity index (χ2n) is 5.38. The first-order valence-corrected chi connectivity index (χ1v) is 7.94. The van der Waals surface area contributed by atoms with E-state index in [-0.39, 0.29) is 12.5 Å². The normalized spacial score (nSPS) is 24.0.